The van der Waals surface area contributed by atoms with Crippen LogP contribution < -0.4 is 5.32 Å². The highest BCUT2D eigenvalue weighted by Gasteiger charge is 2.31. The third kappa shape index (κ3) is 5.06. The number of nitrogens with one attached hydrogen (secondary N) is 1. The monoisotopic (exact) mass is 417 g/mol. The van der Waals surface area contributed by atoms with Gasteiger partial charge in [-0.2, -0.15) is 13.2 Å². The van der Waals surface area contributed by atoms with Crippen molar-refractivity contribution in [3.63, 3.8) is 0 Å². The number of methoxy groups -OCH3 is 1. The lowest BCUT2D eigenvalue weighted by atomic mass is 10.1. The van der Waals surface area contributed by atoms with E-state index >= 15 is 0 Å². The van der Waals surface area contributed by atoms with Crippen molar-refractivity contribution < 1.29 is 22.7 Å². The maximum absolute atomic E-state index is 12.6. The number of amides is 1. The van der Waals surface area contributed by atoms with E-state index in [1.165, 1.54) is 13.2 Å². The van der Waals surface area contributed by atoms with Gasteiger partial charge < -0.3 is 10.1 Å². The van der Waals surface area contributed by atoms with Gasteiger partial charge in [0.1, 0.15) is 0 Å². The Kier molecular flexibility index (Phi) is 6.47. The van der Waals surface area contributed by atoms with Crippen LogP contribution in [-0.2, 0) is 10.9 Å². The number of rotatable bonds is 5. The molecule has 1 amide bonds. The summed E-state index contributed by atoms with van der Waals surface area (Å²) in [6.45, 7) is 0.624. The lowest BCUT2D eigenvalue weighted by molar-refractivity contribution is -0.137. The molecule has 8 heteroatoms. The molecule has 0 aromatic heterocycles. The molecule has 0 radical (unpaired) electrons. The first kappa shape index (κ1) is 17.5. The van der Waals surface area contributed by atoms with Crippen molar-refractivity contribution in [3.8, 4) is 0 Å². The van der Waals surface area contributed by atoms with E-state index in [9.17, 15) is 18.0 Å². The third-order valence-electron chi connectivity index (χ3n) is 2.37. The lowest BCUT2D eigenvalue weighted by Gasteiger charge is -2.13. The van der Waals surface area contributed by atoms with Crippen LogP contribution in [0.25, 0.3) is 0 Å². The molecule has 20 heavy (non-hydrogen) atoms. The van der Waals surface area contributed by atoms with Gasteiger partial charge in [0.2, 0.25) is 0 Å². The van der Waals surface area contributed by atoms with Gasteiger partial charge in [-0.05, 0) is 34.1 Å². The molecular weight excluding hydrogens is 407 g/mol. The standard InChI is InChI=1S/C12H12Br2F3NO2/c1-20-6-8(13)5-18-11(19)9-4-7(12(15,16)17)2-3-10(9)14/h2-4,8H,5-6H2,1H3,(H,18,19). The van der Waals surface area contributed by atoms with E-state index < -0.39 is 17.6 Å². The number of benzene rings is 1. The Labute approximate surface area is 131 Å². The third-order valence-corrected chi connectivity index (χ3v) is 3.65. The molecule has 0 fully saturated rings. The van der Waals surface area contributed by atoms with Crippen LogP contribution in [0.1, 0.15) is 15.9 Å². The fourth-order valence-corrected chi connectivity index (χ4v) is 2.27. The van der Waals surface area contributed by atoms with Gasteiger partial charge in [-0.25, -0.2) is 0 Å². The topological polar surface area (TPSA) is 38.3 Å². The van der Waals surface area contributed by atoms with E-state index in [2.05, 4.69) is 37.2 Å². The Morgan fingerprint density at radius 2 is 2.10 bits per heavy atom. The number of halogens is 5. The maximum atomic E-state index is 12.6. The number of hydrogen-bond donors (Lipinski definition) is 1. The second-order valence-electron chi connectivity index (χ2n) is 3.96. The molecule has 0 saturated heterocycles. The predicted octanol–water partition coefficient (Wildman–Crippen LogP) is 3.61. The number of carbonyl (C=O) groups excluding carboxylic acids is 1. The summed E-state index contributed by atoms with van der Waals surface area (Å²) in [5.41, 5.74) is -0.921. The fourth-order valence-electron chi connectivity index (χ4n) is 1.41. The number of carbonyl (C=O) groups is 1. The molecule has 0 spiro atoms. The first-order valence-corrected chi connectivity index (χ1v) is 7.24. The zero-order valence-electron chi connectivity index (χ0n) is 10.4. The smallest absolute Gasteiger partial charge is 0.383 e. The molecule has 1 N–H and O–H groups in total. The van der Waals surface area contributed by atoms with Crippen molar-refractivity contribution in [3.05, 3.63) is 33.8 Å². The van der Waals surface area contributed by atoms with Gasteiger partial charge >= 0.3 is 6.18 Å². The number of alkyl halides is 4. The van der Waals surface area contributed by atoms with Gasteiger partial charge in [-0.15, -0.1) is 0 Å². The number of ether oxygens (including phenoxy) is 1. The van der Waals surface area contributed by atoms with Crippen LogP contribution in [0, 0.1) is 0 Å². The van der Waals surface area contributed by atoms with E-state index in [0.29, 0.717) is 11.1 Å². The van der Waals surface area contributed by atoms with Crippen LogP contribution in [0.5, 0.6) is 0 Å². The molecular formula is C12H12Br2F3NO2. The molecule has 112 valence electrons. The Hall–Kier alpha value is -0.600. The van der Waals surface area contributed by atoms with E-state index in [1.807, 2.05) is 0 Å². The zero-order valence-corrected chi connectivity index (χ0v) is 13.6. The van der Waals surface area contributed by atoms with E-state index in [-0.39, 0.29) is 16.9 Å². The van der Waals surface area contributed by atoms with E-state index in [0.717, 1.165) is 12.1 Å². The lowest BCUT2D eigenvalue weighted by Crippen LogP contribution is -2.31. The Bertz CT molecular complexity index is 480. The van der Waals surface area contributed by atoms with Gasteiger partial charge in [-0.3, -0.25) is 4.79 Å². The predicted molar refractivity (Wildman–Crippen MR) is 76.1 cm³/mol. The van der Waals surface area contributed by atoms with Crippen LogP contribution >= 0.6 is 31.9 Å². The van der Waals surface area contributed by atoms with Crippen molar-refractivity contribution >= 4 is 37.8 Å². The largest absolute Gasteiger partial charge is 0.416 e. The van der Waals surface area contributed by atoms with Crippen molar-refractivity contribution in [2.75, 3.05) is 20.3 Å². The van der Waals surface area contributed by atoms with Crippen LogP contribution in [0.15, 0.2) is 22.7 Å². The molecule has 0 aliphatic carbocycles. The number of hydrogen-bond acceptors (Lipinski definition) is 2. The van der Waals surface area contributed by atoms with Crippen molar-refractivity contribution in [1.82, 2.24) is 5.32 Å². The molecule has 3 nitrogen and oxygen atoms in total. The van der Waals surface area contributed by atoms with Gasteiger partial charge in [-0.1, -0.05) is 15.9 Å². The minimum atomic E-state index is -4.48. The maximum Gasteiger partial charge on any atom is 0.416 e. The molecule has 1 rings (SSSR count). The van der Waals surface area contributed by atoms with Crippen LogP contribution in [0.4, 0.5) is 13.2 Å². The zero-order chi connectivity index (χ0) is 15.3. The van der Waals surface area contributed by atoms with Crippen molar-refractivity contribution in [2.45, 2.75) is 11.0 Å². The molecule has 0 aliphatic heterocycles. The Balaban J connectivity index is 2.82. The summed E-state index contributed by atoms with van der Waals surface area (Å²) < 4.78 is 43.0. The Morgan fingerprint density at radius 1 is 1.45 bits per heavy atom. The summed E-state index contributed by atoms with van der Waals surface area (Å²) in [5.74, 6) is -0.580. The fraction of sp³-hybridized carbons (Fsp3) is 0.417. The highest BCUT2D eigenvalue weighted by molar-refractivity contribution is 9.10. The summed E-state index contributed by atoms with van der Waals surface area (Å²) in [6, 6.07) is 2.94. The summed E-state index contributed by atoms with van der Waals surface area (Å²) in [5, 5.41) is 2.54. The molecule has 1 aromatic rings. The second-order valence-corrected chi connectivity index (χ2v) is 6.10. The normalized spacial score (nSPS) is 13.1. The molecule has 0 saturated carbocycles. The van der Waals surface area contributed by atoms with Gasteiger partial charge in [0.25, 0.3) is 5.91 Å². The Morgan fingerprint density at radius 3 is 2.65 bits per heavy atom. The molecule has 0 bridgehead atoms. The summed E-state index contributed by atoms with van der Waals surface area (Å²) >= 11 is 6.34. The highest BCUT2D eigenvalue weighted by atomic mass is 79.9. The first-order valence-electron chi connectivity index (χ1n) is 5.53. The molecule has 1 unspecified atom stereocenters. The highest BCUT2D eigenvalue weighted by Crippen LogP contribution is 2.31. The minimum Gasteiger partial charge on any atom is -0.383 e. The quantitative estimate of drug-likeness (QED) is 0.742. The summed E-state index contributed by atoms with van der Waals surface area (Å²) in [6.07, 6.45) is -4.48. The van der Waals surface area contributed by atoms with Crippen LogP contribution in [0.3, 0.4) is 0 Å². The van der Waals surface area contributed by atoms with Crippen LogP contribution in [0.2, 0.25) is 0 Å². The van der Waals surface area contributed by atoms with Gasteiger partial charge in [0.15, 0.2) is 0 Å². The van der Waals surface area contributed by atoms with E-state index in [1.54, 1.807) is 0 Å². The first-order chi connectivity index (χ1) is 9.25. The molecule has 1 aromatic carbocycles. The molecule has 1 atom stereocenters. The average Bonchev–Trinajstić information content (AvgIpc) is 2.35. The van der Waals surface area contributed by atoms with Gasteiger partial charge in [0, 0.05) is 18.1 Å². The summed E-state index contributed by atoms with van der Waals surface area (Å²) in [4.78, 5) is 11.8. The SMILES string of the molecule is COCC(Br)CNC(=O)c1cc(C(F)(F)F)ccc1Br. The average molecular weight is 419 g/mol. The minimum absolute atomic E-state index is 0.0584. The van der Waals surface area contributed by atoms with E-state index in [4.69, 9.17) is 4.74 Å². The molecule has 0 heterocycles. The van der Waals surface area contributed by atoms with Crippen molar-refractivity contribution in [1.29, 1.82) is 0 Å². The van der Waals surface area contributed by atoms with Crippen molar-refractivity contribution in [2.24, 2.45) is 0 Å². The van der Waals surface area contributed by atoms with Crippen LogP contribution in [-0.4, -0.2) is 31.0 Å². The summed E-state index contributed by atoms with van der Waals surface area (Å²) in [7, 11) is 1.51. The molecule has 0 aliphatic rings. The van der Waals surface area contributed by atoms with Gasteiger partial charge in [0.05, 0.1) is 22.6 Å². The second kappa shape index (κ2) is 7.42.